The number of carbonyl (C=O) groups excluding carboxylic acids is 2. The molecule has 0 aliphatic rings. The van der Waals surface area contributed by atoms with Crippen LogP contribution in [-0.4, -0.2) is 18.2 Å². The molecule has 0 aliphatic heterocycles. The van der Waals surface area contributed by atoms with Gasteiger partial charge >= 0.3 is 0 Å². The average Bonchev–Trinajstić information content (AvgIpc) is 2.92. The lowest BCUT2D eigenvalue weighted by molar-refractivity contribution is 0.0906. The number of hydrogen-bond donors (Lipinski definition) is 1. The van der Waals surface area contributed by atoms with Gasteiger partial charge in [0, 0.05) is 5.56 Å². The molecular formula is C15H15NO2S. The summed E-state index contributed by atoms with van der Waals surface area (Å²) in [5.41, 5.74) is 2.86. The molecule has 0 radical (unpaired) electrons. The number of benzene rings is 1. The van der Waals surface area contributed by atoms with E-state index in [4.69, 9.17) is 0 Å². The van der Waals surface area contributed by atoms with Crippen molar-refractivity contribution in [2.45, 2.75) is 13.8 Å². The van der Waals surface area contributed by atoms with E-state index in [1.807, 2.05) is 37.4 Å². The number of amides is 1. The minimum absolute atomic E-state index is 0.0270. The van der Waals surface area contributed by atoms with E-state index >= 15 is 0 Å². The zero-order valence-corrected chi connectivity index (χ0v) is 11.7. The number of aryl methyl sites for hydroxylation is 2. The van der Waals surface area contributed by atoms with Gasteiger partial charge < -0.3 is 5.32 Å². The van der Waals surface area contributed by atoms with Crippen molar-refractivity contribution in [3.8, 4) is 0 Å². The van der Waals surface area contributed by atoms with Crippen molar-refractivity contribution >= 4 is 23.0 Å². The first-order valence-electron chi connectivity index (χ1n) is 6.00. The Kier molecular flexibility index (Phi) is 4.12. The van der Waals surface area contributed by atoms with E-state index in [0.29, 0.717) is 10.4 Å². The van der Waals surface area contributed by atoms with Crippen molar-refractivity contribution in [3.63, 3.8) is 0 Å². The molecule has 0 atom stereocenters. The number of Topliss-reactive ketones (excluding diaryl/α,β-unsaturated/α-hetero) is 1. The molecule has 0 unspecified atom stereocenters. The largest absolute Gasteiger partial charge is 0.344 e. The number of carbonyl (C=O) groups is 2. The van der Waals surface area contributed by atoms with Gasteiger partial charge in [-0.15, -0.1) is 11.3 Å². The first-order chi connectivity index (χ1) is 9.08. The first-order valence-corrected chi connectivity index (χ1v) is 6.88. The van der Waals surface area contributed by atoms with Crippen LogP contribution in [0.3, 0.4) is 0 Å². The quantitative estimate of drug-likeness (QED) is 0.870. The number of thiophene rings is 1. The van der Waals surface area contributed by atoms with Gasteiger partial charge in [0.15, 0.2) is 5.78 Å². The third-order valence-corrected chi connectivity index (χ3v) is 3.85. The van der Waals surface area contributed by atoms with Gasteiger partial charge in [0.2, 0.25) is 0 Å². The second kappa shape index (κ2) is 5.80. The number of hydrogen-bond acceptors (Lipinski definition) is 3. The van der Waals surface area contributed by atoms with Crippen LogP contribution in [0.5, 0.6) is 0 Å². The molecular weight excluding hydrogens is 258 g/mol. The topological polar surface area (TPSA) is 46.2 Å². The monoisotopic (exact) mass is 273 g/mol. The van der Waals surface area contributed by atoms with Crippen molar-refractivity contribution in [1.82, 2.24) is 5.32 Å². The molecule has 1 heterocycles. The highest BCUT2D eigenvalue weighted by Crippen LogP contribution is 2.11. The third kappa shape index (κ3) is 3.29. The van der Waals surface area contributed by atoms with E-state index in [-0.39, 0.29) is 18.2 Å². The molecule has 0 saturated heterocycles. The molecule has 1 aromatic carbocycles. The third-order valence-electron chi connectivity index (χ3n) is 2.98. The lowest BCUT2D eigenvalue weighted by Crippen LogP contribution is -2.29. The molecule has 4 heteroatoms. The minimum atomic E-state index is -0.202. The lowest BCUT2D eigenvalue weighted by Gasteiger charge is -2.05. The van der Waals surface area contributed by atoms with Gasteiger partial charge in [0.05, 0.1) is 11.4 Å². The molecule has 2 rings (SSSR count). The zero-order valence-electron chi connectivity index (χ0n) is 10.9. The van der Waals surface area contributed by atoms with E-state index in [0.717, 1.165) is 11.1 Å². The van der Waals surface area contributed by atoms with E-state index in [9.17, 15) is 9.59 Å². The van der Waals surface area contributed by atoms with Crippen LogP contribution in [0.25, 0.3) is 0 Å². The summed E-state index contributed by atoms with van der Waals surface area (Å²) in [5.74, 6) is -0.278. The first kappa shape index (κ1) is 13.5. The predicted molar refractivity (Wildman–Crippen MR) is 76.9 cm³/mol. The average molecular weight is 273 g/mol. The Balaban J connectivity index is 1.98. The highest BCUT2D eigenvalue weighted by atomic mass is 32.1. The Labute approximate surface area is 116 Å². The fourth-order valence-corrected chi connectivity index (χ4v) is 2.31. The van der Waals surface area contributed by atoms with Crippen molar-refractivity contribution in [2.75, 3.05) is 6.54 Å². The minimum Gasteiger partial charge on any atom is -0.344 e. The Morgan fingerprint density at radius 1 is 1.16 bits per heavy atom. The number of rotatable bonds is 4. The molecule has 2 aromatic rings. The van der Waals surface area contributed by atoms with E-state index in [1.165, 1.54) is 11.3 Å². The van der Waals surface area contributed by atoms with Gasteiger partial charge in [0.1, 0.15) is 0 Å². The summed E-state index contributed by atoms with van der Waals surface area (Å²) in [6, 6.07) is 9.12. The van der Waals surface area contributed by atoms with Crippen molar-refractivity contribution in [2.24, 2.45) is 0 Å². The smallest absolute Gasteiger partial charge is 0.261 e. The molecule has 1 amide bonds. The van der Waals surface area contributed by atoms with E-state index in [2.05, 4.69) is 5.32 Å². The van der Waals surface area contributed by atoms with Gasteiger partial charge in [0.25, 0.3) is 5.91 Å². The molecule has 0 bridgehead atoms. The van der Waals surface area contributed by atoms with Crippen molar-refractivity contribution in [3.05, 3.63) is 57.3 Å². The maximum Gasteiger partial charge on any atom is 0.261 e. The molecule has 1 aromatic heterocycles. The Morgan fingerprint density at radius 2 is 1.95 bits per heavy atom. The number of nitrogens with one attached hydrogen (secondary N) is 1. The lowest BCUT2D eigenvalue weighted by atomic mass is 10.0. The fraction of sp³-hybridized carbons (Fsp3) is 0.200. The highest BCUT2D eigenvalue weighted by molar-refractivity contribution is 7.12. The van der Waals surface area contributed by atoms with E-state index in [1.54, 1.807) is 12.1 Å². The van der Waals surface area contributed by atoms with Gasteiger partial charge in [-0.2, -0.15) is 0 Å². The summed E-state index contributed by atoms with van der Waals surface area (Å²) >= 11 is 1.36. The van der Waals surface area contributed by atoms with Crippen LogP contribution in [0, 0.1) is 13.8 Å². The molecule has 3 nitrogen and oxygen atoms in total. The molecule has 98 valence electrons. The second-order valence-electron chi connectivity index (χ2n) is 4.38. The van der Waals surface area contributed by atoms with Crippen LogP contribution in [0.15, 0.2) is 35.7 Å². The Morgan fingerprint density at radius 3 is 2.58 bits per heavy atom. The zero-order chi connectivity index (χ0) is 13.8. The standard InChI is InChI=1S/C15H15NO2S/c1-10-5-6-12(8-11(10)2)13(17)9-16-15(18)14-4-3-7-19-14/h3-8H,9H2,1-2H3,(H,16,18). The SMILES string of the molecule is Cc1ccc(C(=O)CNC(=O)c2cccs2)cc1C. The normalized spacial score (nSPS) is 10.2. The summed E-state index contributed by atoms with van der Waals surface area (Å²) < 4.78 is 0. The molecule has 0 aliphatic carbocycles. The van der Waals surface area contributed by atoms with Crippen LogP contribution in [-0.2, 0) is 0 Å². The maximum absolute atomic E-state index is 12.0. The van der Waals surface area contributed by atoms with Gasteiger partial charge in [-0.05, 0) is 42.5 Å². The highest BCUT2D eigenvalue weighted by Gasteiger charge is 2.10. The molecule has 0 saturated carbocycles. The fourth-order valence-electron chi connectivity index (χ4n) is 1.67. The van der Waals surface area contributed by atoms with Crippen LogP contribution < -0.4 is 5.32 Å². The van der Waals surface area contributed by atoms with Gasteiger partial charge in [-0.3, -0.25) is 9.59 Å². The summed E-state index contributed by atoms with van der Waals surface area (Å²) in [6.45, 7) is 4.00. The summed E-state index contributed by atoms with van der Waals surface area (Å²) in [5, 5.41) is 4.47. The molecule has 0 fully saturated rings. The summed E-state index contributed by atoms with van der Waals surface area (Å²) in [4.78, 5) is 24.3. The molecule has 19 heavy (non-hydrogen) atoms. The maximum atomic E-state index is 12.0. The van der Waals surface area contributed by atoms with Crippen LogP contribution >= 0.6 is 11.3 Å². The summed E-state index contributed by atoms with van der Waals surface area (Å²) in [6.07, 6.45) is 0. The number of ketones is 1. The second-order valence-corrected chi connectivity index (χ2v) is 5.33. The van der Waals surface area contributed by atoms with Crippen LogP contribution in [0.4, 0.5) is 0 Å². The van der Waals surface area contributed by atoms with Crippen LogP contribution in [0.1, 0.15) is 31.2 Å². The predicted octanol–water partition coefficient (Wildman–Crippen LogP) is 2.98. The van der Waals surface area contributed by atoms with E-state index < -0.39 is 0 Å². The van der Waals surface area contributed by atoms with Crippen molar-refractivity contribution in [1.29, 1.82) is 0 Å². The van der Waals surface area contributed by atoms with Crippen molar-refractivity contribution < 1.29 is 9.59 Å². The molecule has 1 N–H and O–H groups in total. The molecule has 0 spiro atoms. The Bertz CT molecular complexity index is 603. The Hall–Kier alpha value is -1.94. The van der Waals surface area contributed by atoms with Gasteiger partial charge in [-0.1, -0.05) is 18.2 Å². The summed E-state index contributed by atoms with van der Waals surface area (Å²) in [7, 11) is 0. The van der Waals surface area contributed by atoms with Gasteiger partial charge in [-0.25, -0.2) is 0 Å². The van der Waals surface area contributed by atoms with Crippen LogP contribution in [0.2, 0.25) is 0 Å².